The molecule has 1 saturated heterocycles. The molecule has 2 aliphatic rings. The molecule has 9 heteroatoms. The highest BCUT2D eigenvalue weighted by atomic mass is 16.5. The largest absolute Gasteiger partial charge is 0.490 e. The Hall–Kier alpha value is -3.98. The highest BCUT2D eigenvalue weighted by molar-refractivity contribution is 5.91. The number of pyridine rings is 2. The van der Waals surface area contributed by atoms with E-state index in [1.165, 1.54) is 5.56 Å². The van der Waals surface area contributed by atoms with Gasteiger partial charge in [0.2, 0.25) is 11.8 Å². The maximum Gasteiger partial charge on any atom is 0.225 e. The minimum atomic E-state index is 0.297. The van der Waals surface area contributed by atoms with E-state index in [1.54, 1.807) is 13.3 Å². The van der Waals surface area contributed by atoms with Crippen molar-refractivity contribution < 1.29 is 14.3 Å². The van der Waals surface area contributed by atoms with E-state index in [-0.39, 0.29) is 0 Å². The third-order valence-corrected chi connectivity index (χ3v) is 7.72. The highest BCUT2D eigenvalue weighted by Gasteiger charge is 2.34. The fraction of sp³-hybridized carbons (Fsp3) is 0.438. The van der Waals surface area contributed by atoms with Crippen molar-refractivity contribution in [3.05, 3.63) is 65.9 Å². The normalized spacial score (nSPS) is 16.0. The summed E-state index contributed by atoms with van der Waals surface area (Å²) in [6, 6.07) is 12.2. The molecule has 41 heavy (non-hydrogen) atoms. The molecule has 1 N–H and O–H groups in total. The van der Waals surface area contributed by atoms with Crippen LogP contribution in [0.3, 0.4) is 0 Å². The minimum absolute atomic E-state index is 0.297. The van der Waals surface area contributed by atoms with E-state index >= 15 is 0 Å². The lowest BCUT2D eigenvalue weighted by Crippen LogP contribution is -2.48. The zero-order valence-electron chi connectivity index (χ0n) is 24.1. The Bertz CT molecular complexity index is 1520. The minimum Gasteiger partial charge on any atom is -0.490 e. The Morgan fingerprint density at radius 1 is 1.05 bits per heavy atom. The van der Waals surface area contributed by atoms with Gasteiger partial charge in [0.05, 0.1) is 19.2 Å². The zero-order chi connectivity index (χ0) is 28.3. The molecule has 0 unspecified atom stereocenters. The number of methoxy groups -OCH3 is 1. The molecule has 1 saturated carbocycles. The van der Waals surface area contributed by atoms with Gasteiger partial charge in [-0.15, -0.1) is 0 Å². The summed E-state index contributed by atoms with van der Waals surface area (Å²) >= 11 is 0. The van der Waals surface area contributed by atoms with Crippen LogP contribution in [0, 0.1) is 11.8 Å². The molecule has 1 aromatic carbocycles. The molecule has 0 bridgehead atoms. The number of aromatic nitrogens is 4. The number of piperazine rings is 1. The first-order valence-corrected chi connectivity index (χ1v) is 14.6. The van der Waals surface area contributed by atoms with Crippen molar-refractivity contribution in [2.45, 2.75) is 39.7 Å². The van der Waals surface area contributed by atoms with E-state index in [0.29, 0.717) is 36.7 Å². The Morgan fingerprint density at radius 2 is 1.85 bits per heavy atom. The summed E-state index contributed by atoms with van der Waals surface area (Å²) in [5, 5.41) is 0. The summed E-state index contributed by atoms with van der Waals surface area (Å²) in [6.45, 7) is 9.17. The first kappa shape index (κ1) is 27.2. The monoisotopic (exact) mass is 554 g/mol. The van der Waals surface area contributed by atoms with Gasteiger partial charge in [-0.25, -0.2) is 9.97 Å². The van der Waals surface area contributed by atoms with Crippen LogP contribution in [-0.4, -0.2) is 75.5 Å². The molecule has 4 heterocycles. The van der Waals surface area contributed by atoms with Crippen molar-refractivity contribution in [1.29, 1.82) is 0 Å². The van der Waals surface area contributed by atoms with E-state index < -0.39 is 0 Å². The number of fused-ring (bicyclic) bond motifs is 1. The van der Waals surface area contributed by atoms with Crippen LogP contribution in [0.5, 0.6) is 11.6 Å². The summed E-state index contributed by atoms with van der Waals surface area (Å²) in [6.07, 6.45) is 6.35. The Balaban J connectivity index is 1.19. The molecule has 4 aromatic rings. The summed E-state index contributed by atoms with van der Waals surface area (Å²) < 4.78 is 11.7. The second-order valence-corrected chi connectivity index (χ2v) is 11.5. The molecular weight excluding hydrogens is 516 g/mol. The van der Waals surface area contributed by atoms with Crippen molar-refractivity contribution >= 4 is 16.9 Å². The number of carbonyl (C=O) groups excluding carboxylic acids is 1. The fourth-order valence-corrected chi connectivity index (χ4v) is 5.36. The van der Waals surface area contributed by atoms with E-state index in [9.17, 15) is 4.79 Å². The van der Waals surface area contributed by atoms with Gasteiger partial charge in [-0.2, -0.15) is 0 Å². The lowest BCUT2D eigenvalue weighted by molar-refractivity contribution is -0.134. The Morgan fingerprint density at radius 3 is 2.61 bits per heavy atom. The fourth-order valence-electron chi connectivity index (χ4n) is 5.36. The number of H-pyrrole nitrogens is 1. The molecule has 9 nitrogen and oxygen atoms in total. The van der Waals surface area contributed by atoms with Gasteiger partial charge >= 0.3 is 0 Å². The van der Waals surface area contributed by atoms with Crippen LogP contribution in [0.25, 0.3) is 22.2 Å². The Labute approximate surface area is 240 Å². The molecule has 6 rings (SSSR count). The van der Waals surface area contributed by atoms with Crippen LogP contribution in [-0.2, 0) is 17.8 Å². The van der Waals surface area contributed by atoms with Gasteiger partial charge in [-0.1, -0.05) is 13.8 Å². The van der Waals surface area contributed by atoms with Crippen LogP contribution in [0.15, 0.2) is 48.8 Å². The lowest BCUT2D eigenvalue weighted by atomic mass is 10.0. The molecule has 0 radical (unpaired) electrons. The van der Waals surface area contributed by atoms with Gasteiger partial charge in [0.1, 0.15) is 11.3 Å². The smallest absolute Gasteiger partial charge is 0.225 e. The van der Waals surface area contributed by atoms with Crippen LogP contribution >= 0.6 is 0 Å². The van der Waals surface area contributed by atoms with Crippen molar-refractivity contribution in [3.8, 4) is 22.8 Å². The van der Waals surface area contributed by atoms with Gasteiger partial charge in [-0.05, 0) is 60.2 Å². The third kappa shape index (κ3) is 6.35. The van der Waals surface area contributed by atoms with E-state index in [4.69, 9.17) is 14.5 Å². The second-order valence-electron chi connectivity index (χ2n) is 11.5. The van der Waals surface area contributed by atoms with Crippen molar-refractivity contribution in [2.75, 3.05) is 39.9 Å². The highest BCUT2D eigenvalue weighted by Crippen LogP contribution is 2.37. The van der Waals surface area contributed by atoms with Crippen molar-refractivity contribution in [3.63, 3.8) is 0 Å². The van der Waals surface area contributed by atoms with Crippen LogP contribution < -0.4 is 9.47 Å². The molecule has 0 spiro atoms. The number of nitrogens with one attached hydrogen (secondary N) is 1. The number of nitrogens with zero attached hydrogens (tertiary/aromatic N) is 5. The molecule has 1 aliphatic heterocycles. The van der Waals surface area contributed by atoms with Gasteiger partial charge < -0.3 is 19.4 Å². The quantitative estimate of drug-likeness (QED) is 0.303. The maximum absolute atomic E-state index is 12.4. The number of benzene rings is 1. The summed E-state index contributed by atoms with van der Waals surface area (Å²) in [7, 11) is 1.62. The predicted octanol–water partition coefficient (Wildman–Crippen LogP) is 4.71. The number of imidazole rings is 1. The number of carbonyl (C=O) groups is 1. The SMILES string of the molecule is COc1cc(-c2ccc3[nH]c(Cc4cc(CN5CCN(C(=O)C6CC6)CC5)ccn4)nc3c2OCC(C)C)ccn1. The van der Waals surface area contributed by atoms with Crippen LogP contribution in [0.2, 0.25) is 0 Å². The van der Waals surface area contributed by atoms with E-state index in [2.05, 4.69) is 51.9 Å². The number of aromatic amines is 1. The first-order valence-electron chi connectivity index (χ1n) is 14.6. The third-order valence-electron chi connectivity index (χ3n) is 7.72. The predicted molar refractivity (Wildman–Crippen MR) is 158 cm³/mol. The summed E-state index contributed by atoms with van der Waals surface area (Å²) in [4.78, 5) is 34.2. The van der Waals surface area contributed by atoms with Crippen molar-refractivity contribution in [2.24, 2.45) is 11.8 Å². The first-order chi connectivity index (χ1) is 20.0. The van der Waals surface area contributed by atoms with Gasteiger partial charge in [0.25, 0.3) is 0 Å². The van der Waals surface area contributed by atoms with Crippen LogP contribution in [0.4, 0.5) is 0 Å². The molecule has 1 amide bonds. The summed E-state index contributed by atoms with van der Waals surface area (Å²) in [5.74, 6) is 3.18. The Kier molecular flexibility index (Phi) is 7.87. The second kappa shape index (κ2) is 11.9. The molecule has 2 fully saturated rings. The van der Waals surface area contributed by atoms with E-state index in [1.807, 2.05) is 29.3 Å². The van der Waals surface area contributed by atoms with Gasteiger partial charge in [0.15, 0.2) is 5.75 Å². The topological polar surface area (TPSA) is 96.5 Å². The standard InChI is InChI=1S/C32H38N6O3/c1-21(2)20-41-31-26(24-9-11-34-29(17-24)40-3)6-7-27-30(31)36-28(35-27)18-25-16-22(8-10-33-25)19-37-12-14-38(15-13-37)32(39)23-4-5-23/h6-11,16-17,21,23H,4-5,12-15,18-20H2,1-3H3,(H,35,36). The molecular formula is C32H38N6O3. The zero-order valence-corrected chi connectivity index (χ0v) is 24.1. The maximum atomic E-state index is 12.4. The van der Waals surface area contributed by atoms with Gasteiger partial charge in [0, 0.05) is 74.8 Å². The number of ether oxygens (including phenoxy) is 2. The molecule has 1 aliphatic carbocycles. The summed E-state index contributed by atoms with van der Waals surface area (Å²) in [5.41, 5.74) is 5.85. The number of rotatable bonds is 10. The number of hydrogen-bond acceptors (Lipinski definition) is 7. The average molecular weight is 555 g/mol. The lowest BCUT2D eigenvalue weighted by Gasteiger charge is -2.35. The molecule has 0 atom stereocenters. The number of hydrogen-bond donors (Lipinski definition) is 1. The van der Waals surface area contributed by atoms with Crippen molar-refractivity contribution in [1.82, 2.24) is 29.7 Å². The van der Waals surface area contributed by atoms with Crippen LogP contribution in [0.1, 0.15) is 43.8 Å². The van der Waals surface area contributed by atoms with E-state index in [0.717, 1.165) is 85.0 Å². The molecule has 3 aromatic heterocycles. The average Bonchev–Trinajstić information content (AvgIpc) is 3.75. The van der Waals surface area contributed by atoms with Gasteiger partial charge in [-0.3, -0.25) is 14.7 Å². The molecule has 214 valence electrons. The number of amides is 1.